The van der Waals surface area contributed by atoms with Gasteiger partial charge in [-0.1, -0.05) is 35.9 Å². The Kier molecular flexibility index (Phi) is 5.31. The van der Waals surface area contributed by atoms with Gasteiger partial charge in [0, 0.05) is 17.2 Å². The van der Waals surface area contributed by atoms with E-state index in [1.807, 2.05) is 18.2 Å². The fraction of sp³-hybridized carbons (Fsp3) is 0.333. The number of hydrogen-bond donors (Lipinski definition) is 2. The summed E-state index contributed by atoms with van der Waals surface area (Å²) in [4.78, 5) is 0. The van der Waals surface area contributed by atoms with Gasteiger partial charge in [0.1, 0.15) is 22.8 Å². The molecular formula is C24H28O3. The fourth-order valence-corrected chi connectivity index (χ4v) is 3.36. The van der Waals surface area contributed by atoms with E-state index in [2.05, 4.69) is 39.8 Å². The van der Waals surface area contributed by atoms with Gasteiger partial charge in [-0.25, -0.2) is 0 Å². The van der Waals surface area contributed by atoms with Gasteiger partial charge in [0.25, 0.3) is 0 Å². The van der Waals surface area contributed by atoms with E-state index in [0.29, 0.717) is 6.42 Å². The molecule has 1 aliphatic rings. The zero-order chi connectivity index (χ0) is 19.6. The molecular weight excluding hydrogens is 336 g/mol. The molecule has 0 atom stereocenters. The standard InChI is InChI=1S/C24H28O3/c1-16(2)5-11-20-19(12-8-17-6-9-18(25)10-7-17)21-13-14-24(3,4)27-23(21)15-22(20)26/h5-10,12,15,25-26H,11,13-14H2,1-4H3/b12-8-. The third-order valence-corrected chi connectivity index (χ3v) is 4.94. The number of fused-ring (bicyclic) bond motifs is 1. The van der Waals surface area contributed by atoms with Crippen LogP contribution in [0.2, 0.25) is 0 Å². The highest BCUT2D eigenvalue weighted by Gasteiger charge is 2.29. The third kappa shape index (κ3) is 4.54. The molecule has 2 aromatic rings. The van der Waals surface area contributed by atoms with Gasteiger partial charge in [-0.3, -0.25) is 0 Å². The maximum atomic E-state index is 10.7. The summed E-state index contributed by atoms with van der Waals surface area (Å²) in [7, 11) is 0. The second-order valence-electron chi connectivity index (χ2n) is 8.04. The summed E-state index contributed by atoms with van der Waals surface area (Å²) in [6.45, 7) is 8.28. The van der Waals surface area contributed by atoms with Crippen LogP contribution in [0.4, 0.5) is 0 Å². The van der Waals surface area contributed by atoms with E-state index in [1.54, 1.807) is 18.2 Å². The first kappa shape index (κ1) is 19.1. The number of phenolic OH excluding ortho intramolecular Hbond substituents is 2. The highest BCUT2D eigenvalue weighted by molar-refractivity contribution is 5.76. The van der Waals surface area contributed by atoms with E-state index in [4.69, 9.17) is 4.74 Å². The van der Waals surface area contributed by atoms with Gasteiger partial charge in [0.15, 0.2) is 0 Å². The molecule has 0 fully saturated rings. The Morgan fingerprint density at radius 3 is 2.48 bits per heavy atom. The Hall–Kier alpha value is -2.68. The quantitative estimate of drug-likeness (QED) is 0.526. The Morgan fingerprint density at radius 2 is 1.81 bits per heavy atom. The predicted molar refractivity (Wildman–Crippen MR) is 111 cm³/mol. The topological polar surface area (TPSA) is 49.7 Å². The normalized spacial score (nSPS) is 15.3. The molecule has 1 aliphatic heterocycles. The first-order valence-electron chi connectivity index (χ1n) is 9.42. The molecule has 0 spiro atoms. The number of phenols is 2. The monoisotopic (exact) mass is 364 g/mol. The van der Waals surface area contributed by atoms with Gasteiger partial charge in [-0.2, -0.15) is 0 Å². The Morgan fingerprint density at radius 1 is 1.11 bits per heavy atom. The number of hydrogen-bond acceptors (Lipinski definition) is 3. The SMILES string of the molecule is CC(C)=CCc1c(O)cc2c(c1/C=C\c1ccc(O)cc1)CCC(C)(C)O2. The van der Waals surface area contributed by atoms with Crippen molar-refractivity contribution in [1.82, 2.24) is 0 Å². The average molecular weight is 364 g/mol. The molecule has 0 radical (unpaired) electrons. The summed E-state index contributed by atoms with van der Waals surface area (Å²) < 4.78 is 6.15. The number of aromatic hydroxyl groups is 2. The van der Waals surface area contributed by atoms with Crippen molar-refractivity contribution in [3.05, 3.63) is 64.2 Å². The molecule has 3 nitrogen and oxygen atoms in total. The molecule has 142 valence electrons. The molecule has 0 saturated carbocycles. The zero-order valence-corrected chi connectivity index (χ0v) is 16.5. The average Bonchev–Trinajstić information content (AvgIpc) is 2.58. The Bertz CT molecular complexity index is 883. The van der Waals surface area contributed by atoms with Crippen LogP contribution in [0, 0.1) is 0 Å². The third-order valence-electron chi connectivity index (χ3n) is 4.94. The highest BCUT2D eigenvalue weighted by Crippen LogP contribution is 2.41. The Balaban J connectivity index is 2.08. The molecule has 27 heavy (non-hydrogen) atoms. The largest absolute Gasteiger partial charge is 0.508 e. The lowest BCUT2D eigenvalue weighted by molar-refractivity contribution is 0.0842. The molecule has 0 amide bonds. The van der Waals surface area contributed by atoms with E-state index < -0.39 is 0 Å². The number of benzene rings is 2. The lowest BCUT2D eigenvalue weighted by Gasteiger charge is -2.34. The van der Waals surface area contributed by atoms with Crippen molar-refractivity contribution in [2.45, 2.75) is 52.6 Å². The van der Waals surface area contributed by atoms with Crippen molar-refractivity contribution >= 4 is 12.2 Å². The maximum absolute atomic E-state index is 10.7. The minimum atomic E-state index is -0.223. The number of ether oxygens (including phenoxy) is 1. The van der Waals surface area contributed by atoms with Crippen LogP contribution in [0.5, 0.6) is 17.2 Å². The van der Waals surface area contributed by atoms with Crippen LogP contribution < -0.4 is 4.74 Å². The summed E-state index contributed by atoms with van der Waals surface area (Å²) in [5.41, 5.74) is 5.10. The van der Waals surface area contributed by atoms with Crippen LogP contribution in [-0.2, 0) is 12.8 Å². The smallest absolute Gasteiger partial charge is 0.127 e. The lowest BCUT2D eigenvalue weighted by atomic mass is 9.87. The van der Waals surface area contributed by atoms with Crippen LogP contribution in [0.15, 0.2) is 42.0 Å². The first-order chi connectivity index (χ1) is 12.7. The summed E-state index contributed by atoms with van der Waals surface area (Å²) in [5.74, 6) is 1.30. The van der Waals surface area contributed by atoms with Crippen molar-refractivity contribution in [3.8, 4) is 17.2 Å². The molecule has 2 N–H and O–H groups in total. The van der Waals surface area contributed by atoms with Gasteiger partial charge >= 0.3 is 0 Å². The molecule has 1 heterocycles. The number of rotatable bonds is 4. The summed E-state index contributed by atoms with van der Waals surface area (Å²) >= 11 is 0. The molecule has 0 aliphatic carbocycles. The van der Waals surface area contributed by atoms with E-state index in [0.717, 1.165) is 40.8 Å². The van der Waals surface area contributed by atoms with Crippen LogP contribution >= 0.6 is 0 Å². The number of allylic oxidation sites excluding steroid dienone is 2. The van der Waals surface area contributed by atoms with Crippen LogP contribution in [0.1, 0.15) is 56.4 Å². The molecule has 0 aromatic heterocycles. The molecule has 0 saturated heterocycles. The summed E-state index contributed by atoms with van der Waals surface area (Å²) in [6, 6.07) is 8.86. The fourth-order valence-electron chi connectivity index (χ4n) is 3.36. The van der Waals surface area contributed by atoms with Gasteiger partial charge in [0.2, 0.25) is 0 Å². The summed E-state index contributed by atoms with van der Waals surface area (Å²) in [6.07, 6.45) is 8.74. The summed E-state index contributed by atoms with van der Waals surface area (Å²) in [5, 5.41) is 20.2. The lowest BCUT2D eigenvalue weighted by Crippen LogP contribution is -2.33. The minimum Gasteiger partial charge on any atom is -0.508 e. The van der Waals surface area contributed by atoms with E-state index in [-0.39, 0.29) is 17.1 Å². The van der Waals surface area contributed by atoms with Gasteiger partial charge in [-0.05, 0) is 70.2 Å². The second-order valence-corrected chi connectivity index (χ2v) is 8.04. The van der Waals surface area contributed by atoms with Crippen molar-refractivity contribution < 1.29 is 14.9 Å². The van der Waals surface area contributed by atoms with Crippen molar-refractivity contribution in [2.24, 2.45) is 0 Å². The van der Waals surface area contributed by atoms with Gasteiger partial charge < -0.3 is 14.9 Å². The van der Waals surface area contributed by atoms with E-state index >= 15 is 0 Å². The van der Waals surface area contributed by atoms with Crippen LogP contribution in [0.25, 0.3) is 12.2 Å². The van der Waals surface area contributed by atoms with Gasteiger partial charge in [0.05, 0.1) is 0 Å². The first-order valence-corrected chi connectivity index (χ1v) is 9.42. The predicted octanol–water partition coefficient (Wildman–Crippen LogP) is 5.88. The molecule has 3 heteroatoms. The van der Waals surface area contributed by atoms with Crippen molar-refractivity contribution in [2.75, 3.05) is 0 Å². The van der Waals surface area contributed by atoms with E-state index in [9.17, 15) is 10.2 Å². The Labute approximate surface area is 161 Å². The second kappa shape index (κ2) is 7.51. The highest BCUT2D eigenvalue weighted by atomic mass is 16.5. The van der Waals surface area contributed by atoms with Gasteiger partial charge in [-0.15, -0.1) is 0 Å². The maximum Gasteiger partial charge on any atom is 0.127 e. The molecule has 0 unspecified atom stereocenters. The van der Waals surface area contributed by atoms with Crippen LogP contribution in [-0.4, -0.2) is 15.8 Å². The molecule has 0 bridgehead atoms. The molecule has 3 rings (SSSR count). The van der Waals surface area contributed by atoms with E-state index in [1.165, 1.54) is 5.57 Å². The van der Waals surface area contributed by atoms with Crippen molar-refractivity contribution in [3.63, 3.8) is 0 Å². The zero-order valence-electron chi connectivity index (χ0n) is 16.5. The minimum absolute atomic E-state index is 0.223. The van der Waals surface area contributed by atoms with Crippen molar-refractivity contribution in [1.29, 1.82) is 0 Å². The van der Waals surface area contributed by atoms with Crippen LogP contribution in [0.3, 0.4) is 0 Å². The molecule has 2 aromatic carbocycles.